The van der Waals surface area contributed by atoms with Crippen molar-refractivity contribution in [2.45, 2.75) is 38.3 Å². The van der Waals surface area contributed by atoms with Gasteiger partial charge in [0.1, 0.15) is 0 Å². The number of fused-ring (bicyclic) bond motifs is 1. The number of nitrogens with zero attached hydrogens (tertiary/aromatic N) is 2. The van der Waals surface area contributed by atoms with E-state index in [-0.39, 0.29) is 24.7 Å². The number of carbonyl (C=O) groups is 4. The number of carboxylic acids is 1. The van der Waals surface area contributed by atoms with Crippen LogP contribution in [0.5, 0.6) is 0 Å². The van der Waals surface area contributed by atoms with E-state index in [1.165, 1.54) is 4.90 Å². The van der Waals surface area contributed by atoms with E-state index in [1.54, 1.807) is 30.3 Å². The Kier molecular flexibility index (Phi) is 8.00. The minimum atomic E-state index is -1.30. The van der Waals surface area contributed by atoms with Crippen LogP contribution in [0.2, 0.25) is 0 Å². The molecule has 9 nitrogen and oxygen atoms in total. The fourth-order valence-electron chi connectivity index (χ4n) is 5.27. The SMILES string of the molecule is O=C(O)Cc1cccc(NC(=O)N[C@@H]2N=C(c3ccccc3)c3ccccc3N(CC(=O)C3CCCC3)C2=O)c1. The molecule has 5 rings (SSSR count). The van der Waals surface area contributed by atoms with Crippen LogP contribution < -0.4 is 15.5 Å². The average Bonchev–Trinajstić information content (AvgIpc) is 3.46. The van der Waals surface area contributed by atoms with E-state index in [2.05, 4.69) is 10.6 Å². The number of amides is 3. The third kappa shape index (κ3) is 6.09. The Hall–Kier alpha value is -4.79. The quantitative estimate of drug-likeness (QED) is 0.392. The Morgan fingerprint density at radius 2 is 1.65 bits per heavy atom. The number of benzodiazepines with no additional fused rings is 1. The molecule has 1 aliphatic carbocycles. The Labute approximate surface area is 231 Å². The van der Waals surface area contributed by atoms with Crippen molar-refractivity contribution >= 4 is 40.8 Å². The first kappa shape index (κ1) is 26.8. The molecule has 1 fully saturated rings. The lowest BCUT2D eigenvalue weighted by Gasteiger charge is -2.26. The van der Waals surface area contributed by atoms with E-state index in [0.717, 1.165) is 31.2 Å². The van der Waals surface area contributed by atoms with E-state index >= 15 is 0 Å². The standard InChI is InChI=1S/C31H30N4O5/c36-26(21-10-4-5-11-21)19-35-25-16-7-6-15-24(25)28(22-12-2-1-3-13-22)33-29(30(35)39)34-31(40)32-23-14-8-9-20(17-23)18-27(37)38/h1-3,6-9,12-17,21,29H,4-5,10-11,18-19H2,(H,37,38)(H2,32,34,40)/t29-/m0/s1. The van der Waals surface area contributed by atoms with Crippen molar-refractivity contribution in [3.63, 3.8) is 0 Å². The van der Waals surface area contributed by atoms with E-state index in [9.17, 15) is 19.2 Å². The van der Waals surface area contributed by atoms with Crippen molar-refractivity contribution < 1.29 is 24.3 Å². The van der Waals surface area contributed by atoms with Crippen LogP contribution in [0, 0.1) is 5.92 Å². The smallest absolute Gasteiger partial charge is 0.321 e. The second-order valence-corrected chi connectivity index (χ2v) is 10.0. The molecule has 0 spiro atoms. The van der Waals surface area contributed by atoms with Crippen LogP contribution in [-0.4, -0.2) is 47.2 Å². The molecule has 0 unspecified atom stereocenters. The number of hydrogen-bond donors (Lipinski definition) is 3. The molecule has 3 aromatic rings. The number of benzene rings is 3. The summed E-state index contributed by atoms with van der Waals surface area (Å²) in [6.45, 7) is -0.102. The molecule has 40 heavy (non-hydrogen) atoms. The number of aliphatic carboxylic acids is 1. The summed E-state index contributed by atoms with van der Waals surface area (Å²) in [5.41, 5.74) is 3.43. The van der Waals surface area contributed by atoms with Crippen molar-refractivity contribution in [2.75, 3.05) is 16.8 Å². The number of rotatable bonds is 8. The Bertz CT molecular complexity index is 1460. The molecule has 1 aliphatic heterocycles. The van der Waals surface area contributed by atoms with Gasteiger partial charge in [-0.05, 0) is 36.6 Å². The highest BCUT2D eigenvalue weighted by molar-refractivity contribution is 6.21. The minimum Gasteiger partial charge on any atom is -0.481 e. The summed E-state index contributed by atoms with van der Waals surface area (Å²) in [5.74, 6) is -1.58. The third-order valence-electron chi connectivity index (χ3n) is 7.19. The number of anilines is 2. The number of Topliss-reactive ketones (excluding diaryl/α,β-unsaturated/α-hetero) is 1. The Morgan fingerprint density at radius 3 is 2.40 bits per heavy atom. The van der Waals surface area contributed by atoms with Gasteiger partial charge in [0.05, 0.1) is 24.4 Å². The molecule has 0 radical (unpaired) electrons. The van der Waals surface area contributed by atoms with Gasteiger partial charge in [-0.1, -0.05) is 73.5 Å². The molecule has 1 heterocycles. The predicted molar refractivity (Wildman–Crippen MR) is 152 cm³/mol. The molecule has 1 atom stereocenters. The Morgan fingerprint density at radius 1 is 0.925 bits per heavy atom. The van der Waals surface area contributed by atoms with Gasteiger partial charge >= 0.3 is 12.0 Å². The van der Waals surface area contributed by atoms with E-state index in [4.69, 9.17) is 10.1 Å². The van der Waals surface area contributed by atoms with Crippen molar-refractivity contribution in [1.29, 1.82) is 0 Å². The molecule has 204 valence electrons. The molecule has 0 bridgehead atoms. The van der Waals surface area contributed by atoms with Gasteiger partial charge in [-0.15, -0.1) is 0 Å². The molecule has 0 aromatic heterocycles. The second kappa shape index (κ2) is 11.9. The molecule has 1 saturated carbocycles. The summed E-state index contributed by atoms with van der Waals surface area (Å²) in [5, 5.41) is 14.4. The first-order valence-corrected chi connectivity index (χ1v) is 13.3. The van der Waals surface area contributed by atoms with E-state index < -0.39 is 24.1 Å². The van der Waals surface area contributed by atoms with Crippen LogP contribution >= 0.6 is 0 Å². The van der Waals surface area contributed by atoms with Crippen LogP contribution in [0.25, 0.3) is 0 Å². The van der Waals surface area contributed by atoms with Gasteiger partial charge in [0.25, 0.3) is 5.91 Å². The van der Waals surface area contributed by atoms with Crippen molar-refractivity contribution in [2.24, 2.45) is 10.9 Å². The van der Waals surface area contributed by atoms with Gasteiger partial charge < -0.3 is 20.6 Å². The lowest BCUT2D eigenvalue weighted by Crippen LogP contribution is -2.50. The topological polar surface area (TPSA) is 128 Å². The number of carbonyl (C=O) groups excluding carboxylic acids is 3. The number of ketones is 1. The van der Waals surface area contributed by atoms with Gasteiger partial charge in [0, 0.05) is 22.7 Å². The number of hydrogen-bond acceptors (Lipinski definition) is 5. The van der Waals surface area contributed by atoms with Crippen molar-refractivity contribution in [3.05, 3.63) is 95.6 Å². The highest BCUT2D eigenvalue weighted by Crippen LogP contribution is 2.31. The van der Waals surface area contributed by atoms with Gasteiger partial charge in [0.2, 0.25) is 6.17 Å². The molecule has 9 heteroatoms. The molecule has 2 aliphatic rings. The second-order valence-electron chi connectivity index (χ2n) is 10.0. The zero-order valence-corrected chi connectivity index (χ0v) is 21.9. The third-order valence-corrected chi connectivity index (χ3v) is 7.19. The maximum atomic E-state index is 14.0. The molecular formula is C31H30N4O5. The predicted octanol–water partition coefficient (Wildman–Crippen LogP) is 4.40. The highest BCUT2D eigenvalue weighted by atomic mass is 16.4. The average molecular weight is 539 g/mol. The lowest BCUT2D eigenvalue weighted by molar-refractivity contribution is -0.136. The fraction of sp³-hybridized carbons (Fsp3) is 0.258. The number of para-hydroxylation sites is 1. The summed E-state index contributed by atoms with van der Waals surface area (Å²) < 4.78 is 0. The largest absolute Gasteiger partial charge is 0.481 e. The summed E-state index contributed by atoms with van der Waals surface area (Å²) >= 11 is 0. The zero-order chi connectivity index (χ0) is 28.1. The van der Waals surface area contributed by atoms with Crippen molar-refractivity contribution in [1.82, 2.24) is 5.32 Å². The van der Waals surface area contributed by atoms with Crippen LogP contribution in [0.4, 0.5) is 16.2 Å². The number of nitrogens with one attached hydrogen (secondary N) is 2. The molecule has 3 N–H and O–H groups in total. The van der Waals surface area contributed by atoms with Gasteiger partial charge in [0.15, 0.2) is 5.78 Å². The van der Waals surface area contributed by atoms with E-state index in [0.29, 0.717) is 28.2 Å². The summed E-state index contributed by atoms with van der Waals surface area (Å²) in [4.78, 5) is 57.5. The van der Waals surface area contributed by atoms with Crippen LogP contribution in [0.1, 0.15) is 42.4 Å². The molecule has 3 amide bonds. The van der Waals surface area contributed by atoms with Gasteiger partial charge in [-0.2, -0.15) is 0 Å². The Balaban J connectivity index is 1.47. The van der Waals surface area contributed by atoms with Gasteiger partial charge in [-0.25, -0.2) is 9.79 Å². The van der Waals surface area contributed by atoms with E-state index in [1.807, 2.05) is 48.5 Å². The zero-order valence-electron chi connectivity index (χ0n) is 21.9. The number of aliphatic imine (C=N–C) groups is 1. The number of carboxylic acid groups (broad SMARTS) is 1. The van der Waals surface area contributed by atoms with Gasteiger partial charge in [-0.3, -0.25) is 14.4 Å². The minimum absolute atomic E-state index is 0.00209. The number of urea groups is 1. The molecule has 0 saturated heterocycles. The highest BCUT2D eigenvalue weighted by Gasteiger charge is 2.35. The molecular weight excluding hydrogens is 508 g/mol. The maximum Gasteiger partial charge on any atom is 0.321 e. The van der Waals surface area contributed by atoms with Crippen LogP contribution in [0.15, 0.2) is 83.9 Å². The summed E-state index contributed by atoms with van der Waals surface area (Å²) in [6, 6.07) is 22.5. The molecule has 3 aromatic carbocycles. The van der Waals surface area contributed by atoms with Crippen LogP contribution in [0.3, 0.4) is 0 Å². The monoisotopic (exact) mass is 538 g/mol. The normalized spacial score (nSPS) is 17.0. The van der Waals surface area contributed by atoms with Crippen molar-refractivity contribution in [3.8, 4) is 0 Å². The summed E-state index contributed by atoms with van der Waals surface area (Å²) in [6.07, 6.45) is 2.14. The first-order chi connectivity index (χ1) is 19.4. The fourth-order valence-corrected chi connectivity index (χ4v) is 5.27. The first-order valence-electron chi connectivity index (χ1n) is 13.3. The van der Waals surface area contributed by atoms with Crippen LogP contribution in [-0.2, 0) is 20.8 Å². The maximum absolute atomic E-state index is 14.0. The lowest BCUT2D eigenvalue weighted by atomic mass is 9.99. The summed E-state index contributed by atoms with van der Waals surface area (Å²) in [7, 11) is 0.